The van der Waals surface area contributed by atoms with Crippen LogP contribution >= 0.6 is 11.3 Å². The number of nitrogens with one attached hydrogen (secondary N) is 1. The van der Waals surface area contributed by atoms with E-state index in [1.165, 1.54) is 17.5 Å². The smallest absolute Gasteiger partial charge is 0.340 e. The number of sulfonamides is 1. The minimum absolute atomic E-state index is 0.00851. The number of hydrogen-bond acceptors (Lipinski definition) is 8. The number of nitrogens with zero attached hydrogens (tertiary/aromatic N) is 1. The monoisotopic (exact) mass is 480 g/mol. The molecule has 32 heavy (non-hydrogen) atoms. The number of carbonyl (C=O) groups excluding carboxylic acids is 3. The van der Waals surface area contributed by atoms with Crippen LogP contribution < -0.4 is 10.1 Å². The maximum absolute atomic E-state index is 13.2. The number of Topliss-reactive ketones (excluding diaryl/α,β-unsaturated/α-hetero) is 1. The number of piperidine rings is 1. The summed E-state index contributed by atoms with van der Waals surface area (Å²) in [5, 5.41) is 2.73. The van der Waals surface area contributed by atoms with Gasteiger partial charge in [0.2, 0.25) is 0 Å². The van der Waals surface area contributed by atoms with E-state index in [0.717, 1.165) is 11.3 Å². The van der Waals surface area contributed by atoms with Gasteiger partial charge in [0.05, 0.1) is 25.8 Å². The van der Waals surface area contributed by atoms with E-state index >= 15 is 0 Å². The Bertz CT molecular complexity index is 1110. The zero-order valence-electron chi connectivity index (χ0n) is 17.8. The first kappa shape index (κ1) is 23.9. The normalized spacial score (nSPS) is 14.8. The lowest BCUT2D eigenvalue weighted by atomic mass is 10.1. The Morgan fingerprint density at radius 2 is 1.91 bits per heavy atom. The van der Waals surface area contributed by atoms with E-state index in [9.17, 15) is 22.8 Å². The second-order valence-corrected chi connectivity index (χ2v) is 10.3. The minimum Gasteiger partial charge on any atom is -0.497 e. The van der Waals surface area contributed by atoms with Gasteiger partial charge < -0.3 is 14.8 Å². The number of esters is 1. The molecule has 0 unspecified atom stereocenters. The molecule has 2 aromatic rings. The Hall–Kier alpha value is -2.76. The van der Waals surface area contributed by atoms with E-state index in [4.69, 9.17) is 9.47 Å². The van der Waals surface area contributed by atoms with E-state index in [0.29, 0.717) is 16.2 Å². The number of amides is 1. The second-order valence-electron chi connectivity index (χ2n) is 6.99. The SMILES string of the molecule is CCOC(=O)c1cc(CNC(=O)c2cccc(OC)c2)sc1S(=O)(=O)N1CCC(=O)CC1. The Morgan fingerprint density at radius 3 is 2.56 bits per heavy atom. The highest BCUT2D eigenvalue weighted by Gasteiger charge is 2.34. The fourth-order valence-electron chi connectivity index (χ4n) is 3.18. The summed E-state index contributed by atoms with van der Waals surface area (Å²) in [6.45, 7) is 1.89. The van der Waals surface area contributed by atoms with Crippen LogP contribution in [-0.2, 0) is 26.1 Å². The van der Waals surface area contributed by atoms with Crippen molar-refractivity contribution < 1.29 is 32.3 Å². The number of ketones is 1. The molecule has 0 radical (unpaired) electrons. The van der Waals surface area contributed by atoms with Crippen molar-refractivity contribution in [2.75, 3.05) is 26.8 Å². The van der Waals surface area contributed by atoms with Crippen molar-refractivity contribution >= 4 is 39.0 Å². The van der Waals surface area contributed by atoms with Gasteiger partial charge in [-0.25, -0.2) is 13.2 Å². The fraction of sp³-hybridized carbons (Fsp3) is 0.381. The van der Waals surface area contributed by atoms with Gasteiger partial charge in [0.25, 0.3) is 15.9 Å². The van der Waals surface area contributed by atoms with Gasteiger partial charge in [0.1, 0.15) is 15.7 Å². The zero-order chi connectivity index (χ0) is 23.3. The molecule has 1 aromatic carbocycles. The summed E-state index contributed by atoms with van der Waals surface area (Å²) in [7, 11) is -2.49. The summed E-state index contributed by atoms with van der Waals surface area (Å²) in [6.07, 6.45) is 0.283. The average molecular weight is 481 g/mol. The molecule has 0 saturated carbocycles. The van der Waals surface area contributed by atoms with Gasteiger partial charge in [0.15, 0.2) is 0 Å². The molecule has 1 aromatic heterocycles. The molecule has 1 amide bonds. The summed E-state index contributed by atoms with van der Waals surface area (Å²) < 4.78 is 37.6. The van der Waals surface area contributed by atoms with Gasteiger partial charge in [-0.1, -0.05) is 6.07 Å². The number of rotatable bonds is 8. The van der Waals surface area contributed by atoms with Crippen molar-refractivity contribution in [3.05, 3.63) is 46.3 Å². The first-order chi connectivity index (χ1) is 15.3. The van der Waals surface area contributed by atoms with Gasteiger partial charge >= 0.3 is 5.97 Å². The van der Waals surface area contributed by atoms with Crippen molar-refractivity contribution in [2.45, 2.75) is 30.5 Å². The molecule has 11 heteroatoms. The molecule has 1 fully saturated rings. The Morgan fingerprint density at radius 1 is 1.19 bits per heavy atom. The van der Waals surface area contributed by atoms with Crippen molar-refractivity contribution in [1.82, 2.24) is 9.62 Å². The van der Waals surface area contributed by atoms with Gasteiger partial charge in [-0.3, -0.25) is 9.59 Å². The van der Waals surface area contributed by atoms with E-state index < -0.39 is 16.0 Å². The second kappa shape index (κ2) is 10.2. The molecule has 9 nitrogen and oxygen atoms in total. The van der Waals surface area contributed by atoms with Gasteiger partial charge in [-0.15, -0.1) is 11.3 Å². The first-order valence-corrected chi connectivity index (χ1v) is 12.3. The summed E-state index contributed by atoms with van der Waals surface area (Å²) >= 11 is 0.905. The lowest BCUT2D eigenvalue weighted by molar-refractivity contribution is -0.120. The number of hydrogen-bond donors (Lipinski definition) is 1. The third-order valence-electron chi connectivity index (χ3n) is 4.85. The highest BCUT2D eigenvalue weighted by Crippen LogP contribution is 2.32. The topological polar surface area (TPSA) is 119 Å². The predicted molar refractivity (Wildman–Crippen MR) is 117 cm³/mol. The molecule has 1 N–H and O–H groups in total. The Balaban J connectivity index is 1.83. The third kappa shape index (κ3) is 5.34. The number of carbonyl (C=O) groups is 3. The maximum Gasteiger partial charge on any atom is 0.340 e. The molecule has 0 bridgehead atoms. The van der Waals surface area contributed by atoms with Gasteiger partial charge in [-0.2, -0.15) is 4.31 Å². The van der Waals surface area contributed by atoms with E-state index in [-0.39, 0.29) is 60.5 Å². The molecule has 1 aliphatic heterocycles. The number of ether oxygens (including phenoxy) is 2. The summed E-state index contributed by atoms with van der Waals surface area (Å²) in [4.78, 5) is 36.9. The fourth-order valence-corrected chi connectivity index (χ4v) is 6.37. The molecular formula is C21H24N2O7S2. The Kier molecular flexibility index (Phi) is 7.64. The van der Waals surface area contributed by atoms with Crippen LogP contribution in [0.15, 0.2) is 34.5 Å². The van der Waals surface area contributed by atoms with Crippen LogP contribution in [0.4, 0.5) is 0 Å². The van der Waals surface area contributed by atoms with E-state index in [1.807, 2.05) is 0 Å². The summed E-state index contributed by atoms with van der Waals surface area (Å²) in [5.41, 5.74) is 0.316. The van der Waals surface area contributed by atoms with Crippen LogP contribution in [0.5, 0.6) is 5.75 Å². The van der Waals surface area contributed by atoms with Crippen LogP contribution in [0.3, 0.4) is 0 Å². The van der Waals surface area contributed by atoms with Gasteiger partial charge in [0, 0.05) is 36.4 Å². The van der Waals surface area contributed by atoms with Crippen molar-refractivity contribution in [3.8, 4) is 5.75 Å². The largest absolute Gasteiger partial charge is 0.497 e. The molecule has 172 valence electrons. The van der Waals surface area contributed by atoms with Gasteiger partial charge in [-0.05, 0) is 31.2 Å². The van der Waals surface area contributed by atoms with Crippen molar-refractivity contribution in [1.29, 1.82) is 0 Å². The summed E-state index contributed by atoms with van der Waals surface area (Å²) in [5.74, 6) is -0.573. The lowest BCUT2D eigenvalue weighted by Gasteiger charge is -2.24. The quantitative estimate of drug-likeness (QED) is 0.576. The lowest BCUT2D eigenvalue weighted by Crippen LogP contribution is -2.38. The zero-order valence-corrected chi connectivity index (χ0v) is 19.4. The summed E-state index contributed by atoms with van der Waals surface area (Å²) in [6, 6.07) is 8.04. The van der Waals surface area contributed by atoms with Crippen LogP contribution in [0.2, 0.25) is 0 Å². The van der Waals surface area contributed by atoms with Crippen LogP contribution in [0, 0.1) is 0 Å². The minimum atomic E-state index is -3.99. The van der Waals surface area contributed by atoms with Crippen molar-refractivity contribution in [2.24, 2.45) is 0 Å². The van der Waals surface area contributed by atoms with E-state index in [2.05, 4.69) is 5.32 Å². The van der Waals surface area contributed by atoms with Crippen LogP contribution in [-0.4, -0.2) is 57.2 Å². The number of thiophene rings is 1. The maximum atomic E-state index is 13.2. The molecule has 0 aliphatic carbocycles. The Labute approximate surface area is 190 Å². The number of methoxy groups -OCH3 is 1. The van der Waals surface area contributed by atoms with Crippen LogP contribution in [0.1, 0.15) is 45.4 Å². The molecule has 0 atom stereocenters. The molecule has 2 heterocycles. The molecule has 0 spiro atoms. The molecular weight excluding hydrogens is 456 g/mol. The predicted octanol–water partition coefficient (Wildman–Crippen LogP) is 2.22. The highest BCUT2D eigenvalue weighted by molar-refractivity contribution is 7.91. The molecule has 1 saturated heterocycles. The average Bonchev–Trinajstić information content (AvgIpc) is 3.23. The van der Waals surface area contributed by atoms with Crippen molar-refractivity contribution in [3.63, 3.8) is 0 Å². The first-order valence-electron chi connectivity index (χ1n) is 10.00. The molecule has 1 aliphatic rings. The highest BCUT2D eigenvalue weighted by atomic mass is 32.2. The third-order valence-corrected chi connectivity index (χ3v) is 8.40. The van der Waals surface area contributed by atoms with E-state index in [1.54, 1.807) is 31.2 Å². The van der Waals surface area contributed by atoms with Crippen LogP contribution in [0.25, 0.3) is 0 Å². The molecule has 3 rings (SSSR count). The standard InChI is InChI=1S/C21H24N2O7S2/c1-3-30-20(26)18-12-17(13-22-19(25)14-5-4-6-16(11-14)29-2)31-21(18)32(27,28)23-9-7-15(24)8-10-23/h4-6,11-12H,3,7-10,13H2,1-2H3,(H,22,25). The number of benzene rings is 1.